The number of hydrogen-bond acceptors (Lipinski definition) is 3. The van der Waals surface area contributed by atoms with Crippen molar-refractivity contribution < 1.29 is 4.39 Å². The molecule has 0 aliphatic rings. The molecule has 0 aliphatic heterocycles. The molecule has 0 aromatic heterocycles. The fourth-order valence-corrected chi connectivity index (χ4v) is 2.49. The molecule has 2 rings (SSSR count). The molecule has 5 heteroatoms. The molecule has 3 nitrogen and oxygen atoms in total. The van der Waals surface area contributed by atoms with E-state index in [1.807, 2.05) is 37.3 Å². The summed E-state index contributed by atoms with van der Waals surface area (Å²) >= 11 is 1.28. The number of thioether (sulfide) groups is 1. The van der Waals surface area contributed by atoms with Gasteiger partial charge in [-0.1, -0.05) is 47.7 Å². The number of nitrogens with zero attached hydrogens (tertiary/aromatic N) is 2. The van der Waals surface area contributed by atoms with E-state index in [0.29, 0.717) is 28.6 Å². The molecule has 0 atom stereocenters. The van der Waals surface area contributed by atoms with E-state index >= 15 is 0 Å². The number of benzene rings is 2. The van der Waals surface area contributed by atoms with Gasteiger partial charge in [0.2, 0.25) is 0 Å². The molecule has 2 aromatic rings. The fraction of sp³-hybridized carbons (Fsp3) is 0.176. The number of rotatable bonds is 4. The van der Waals surface area contributed by atoms with E-state index in [2.05, 4.69) is 4.99 Å². The maximum absolute atomic E-state index is 13.7. The van der Waals surface area contributed by atoms with Crippen LogP contribution < -0.4 is 5.73 Å². The van der Waals surface area contributed by atoms with E-state index in [-0.39, 0.29) is 0 Å². The summed E-state index contributed by atoms with van der Waals surface area (Å²) in [6.07, 6.45) is 0. The second-order valence-corrected chi connectivity index (χ2v) is 5.84. The first kappa shape index (κ1) is 16.1. The van der Waals surface area contributed by atoms with E-state index < -0.39 is 5.82 Å². The Bertz CT molecular complexity index is 718. The third kappa shape index (κ3) is 4.61. The van der Waals surface area contributed by atoms with Crippen molar-refractivity contribution in [1.29, 1.82) is 5.26 Å². The number of aliphatic imine (C=N–C) groups is 1. The molecular formula is C17H16FN3S. The van der Waals surface area contributed by atoms with E-state index in [9.17, 15) is 4.39 Å². The lowest BCUT2D eigenvalue weighted by Crippen LogP contribution is -2.07. The molecule has 22 heavy (non-hydrogen) atoms. The van der Waals surface area contributed by atoms with Gasteiger partial charge in [0.1, 0.15) is 5.82 Å². The molecule has 2 aromatic carbocycles. The van der Waals surface area contributed by atoms with E-state index in [1.165, 1.54) is 23.4 Å². The van der Waals surface area contributed by atoms with Crippen LogP contribution in [0.1, 0.15) is 22.3 Å². The van der Waals surface area contributed by atoms with Gasteiger partial charge in [-0.3, -0.25) is 4.99 Å². The lowest BCUT2D eigenvalue weighted by molar-refractivity contribution is 0.617. The van der Waals surface area contributed by atoms with Gasteiger partial charge in [0.05, 0.1) is 18.2 Å². The average Bonchev–Trinajstić information content (AvgIpc) is 2.53. The van der Waals surface area contributed by atoms with Gasteiger partial charge in [-0.2, -0.15) is 5.26 Å². The van der Waals surface area contributed by atoms with Crippen molar-refractivity contribution >= 4 is 16.9 Å². The van der Waals surface area contributed by atoms with Gasteiger partial charge in [-0.05, 0) is 30.2 Å². The Morgan fingerprint density at radius 3 is 2.64 bits per heavy atom. The van der Waals surface area contributed by atoms with Crippen LogP contribution in [-0.4, -0.2) is 5.17 Å². The molecule has 0 saturated heterocycles. The maximum atomic E-state index is 13.7. The Kier molecular flexibility index (Phi) is 5.56. The summed E-state index contributed by atoms with van der Waals surface area (Å²) in [5, 5.41) is 9.13. The average molecular weight is 313 g/mol. The summed E-state index contributed by atoms with van der Waals surface area (Å²) in [5.74, 6) is -0.00119. The standard InChI is InChI=1S/C17H16FN3S/c1-12-2-4-13(5-3-12)10-21-17(20)22-11-15-7-6-14(9-19)8-16(15)18/h2-8H,10-11H2,1H3,(H2,20,21). The second kappa shape index (κ2) is 7.62. The minimum atomic E-state index is -0.391. The SMILES string of the molecule is Cc1ccc(CN=C(N)SCc2ccc(C#N)cc2F)cc1. The van der Waals surface area contributed by atoms with Crippen molar-refractivity contribution in [2.24, 2.45) is 10.7 Å². The van der Waals surface area contributed by atoms with Gasteiger partial charge >= 0.3 is 0 Å². The Labute approximate surface area is 133 Å². The summed E-state index contributed by atoms with van der Waals surface area (Å²) in [6.45, 7) is 2.54. The minimum Gasteiger partial charge on any atom is -0.379 e. The molecule has 0 bridgehead atoms. The second-order valence-electron chi connectivity index (χ2n) is 4.85. The van der Waals surface area contributed by atoms with Crippen molar-refractivity contribution in [3.05, 3.63) is 70.5 Å². The quantitative estimate of drug-likeness (QED) is 0.690. The van der Waals surface area contributed by atoms with Gasteiger partial charge in [-0.25, -0.2) is 4.39 Å². The zero-order valence-electron chi connectivity index (χ0n) is 12.2. The Morgan fingerprint density at radius 1 is 1.27 bits per heavy atom. The van der Waals surface area contributed by atoms with Crippen molar-refractivity contribution in [1.82, 2.24) is 0 Å². The molecule has 0 saturated carbocycles. The summed E-state index contributed by atoms with van der Waals surface area (Å²) in [5.41, 5.74) is 8.95. The van der Waals surface area contributed by atoms with Crippen LogP contribution in [0.15, 0.2) is 47.5 Å². The molecule has 112 valence electrons. The van der Waals surface area contributed by atoms with Crippen LogP contribution in [-0.2, 0) is 12.3 Å². The highest BCUT2D eigenvalue weighted by molar-refractivity contribution is 8.13. The fourth-order valence-electron chi connectivity index (χ4n) is 1.79. The molecular weight excluding hydrogens is 297 g/mol. The van der Waals surface area contributed by atoms with Gasteiger partial charge in [0.25, 0.3) is 0 Å². The lowest BCUT2D eigenvalue weighted by atomic mass is 10.1. The van der Waals surface area contributed by atoms with Crippen molar-refractivity contribution in [3.63, 3.8) is 0 Å². The monoisotopic (exact) mass is 313 g/mol. The first-order valence-corrected chi connectivity index (χ1v) is 7.74. The number of nitrogens with two attached hydrogens (primary N) is 1. The predicted molar refractivity (Wildman–Crippen MR) is 88.9 cm³/mol. The smallest absolute Gasteiger partial charge is 0.154 e. The zero-order valence-corrected chi connectivity index (χ0v) is 13.0. The van der Waals surface area contributed by atoms with Gasteiger partial charge in [-0.15, -0.1) is 0 Å². The van der Waals surface area contributed by atoms with Crippen LogP contribution in [0, 0.1) is 24.1 Å². The first-order valence-electron chi connectivity index (χ1n) is 6.75. The van der Waals surface area contributed by atoms with Crippen LogP contribution in [0.4, 0.5) is 4.39 Å². The molecule has 0 aliphatic carbocycles. The van der Waals surface area contributed by atoms with E-state index in [0.717, 1.165) is 5.56 Å². The lowest BCUT2D eigenvalue weighted by Gasteiger charge is -2.04. The third-order valence-electron chi connectivity index (χ3n) is 3.10. The predicted octanol–water partition coefficient (Wildman–Crippen LogP) is 3.75. The number of nitriles is 1. The van der Waals surface area contributed by atoms with E-state index in [4.69, 9.17) is 11.0 Å². The van der Waals surface area contributed by atoms with Crippen molar-refractivity contribution in [3.8, 4) is 6.07 Å². The van der Waals surface area contributed by atoms with E-state index in [1.54, 1.807) is 12.1 Å². The first-order chi connectivity index (χ1) is 10.6. The summed E-state index contributed by atoms with van der Waals surface area (Å²) in [4.78, 5) is 4.29. The molecule has 0 fully saturated rings. The zero-order chi connectivity index (χ0) is 15.9. The number of halogens is 1. The Hall–Kier alpha value is -2.32. The summed E-state index contributed by atoms with van der Waals surface area (Å²) in [6, 6.07) is 14.4. The topological polar surface area (TPSA) is 62.2 Å². The number of hydrogen-bond donors (Lipinski definition) is 1. The molecule has 2 N–H and O–H groups in total. The van der Waals surface area contributed by atoms with Crippen LogP contribution in [0.3, 0.4) is 0 Å². The highest BCUT2D eigenvalue weighted by Gasteiger charge is 2.05. The van der Waals surface area contributed by atoms with Gasteiger partial charge in [0.15, 0.2) is 5.17 Å². The maximum Gasteiger partial charge on any atom is 0.154 e. The van der Waals surface area contributed by atoms with Crippen LogP contribution in [0.2, 0.25) is 0 Å². The van der Waals surface area contributed by atoms with Gasteiger partial charge in [0, 0.05) is 5.75 Å². The van der Waals surface area contributed by atoms with Crippen LogP contribution >= 0.6 is 11.8 Å². The van der Waals surface area contributed by atoms with Crippen LogP contribution in [0.5, 0.6) is 0 Å². The summed E-state index contributed by atoms with van der Waals surface area (Å²) in [7, 11) is 0. The third-order valence-corrected chi connectivity index (χ3v) is 3.98. The molecule has 0 amide bonds. The van der Waals surface area contributed by atoms with Crippen molar-refractivity contribution in [2.45, 2.75) is 19.2 Å². The van der Waals surface area contributed by atoms with Crippen LogP contribution in [0.25, 0.3) is 0 Å². The highest BCUT2D eigenvalue weighted by atomic mass is 32.2. The molecule has 0 radical (unpaired) electrons. The minimum absolute atomic E-state index is 0.312. The number of amidine groups is 1. The number of aryl methyl sites for hydroxylation is 1. The largest absolute Gasteiger partial charge is 0.379 e. The van der Waals surface area contributed by atoms with Gasteiger partial charge < -0.3 is 5.73 Å². The molecule has 0 unspecified atom stereocenters. The summed E-state index contributed by atoms with van der Waals surface area (Å²) < 4.78 is 13.7. The highest BCUT2D eigenvalue weighted by Crippen LogP contribution is 2.17. The molecule has 0 heterocycles. The molecule has 0 spiro atoms. The Balaban J connectivity index is 1.92. The Morgan fingerprint density at radius 2 is 2.00 bits per heavy atom. The normalized spacial score (nSPS) is 11.2. The van der Waals surface area contributed by atoms with Crippen molar-refractivity contribution in [2.75, 3.05) is 0 Å².